The van der Waals surface area contributed by atoms with Crippen LogP contribution in [-0.2, 0) is 9.53 Å². The molecule has 80 valence electrons. The highest BCUT2D eigenvalue weighted by Gasteiger charge is 1.98. The van der Waals surface area contributed by atoms with Crippen LogP contribution < -0.4 is 5.32 Å². The number of esters is 1. The molecule has 1 N–H and O–H groups in total. The normalized spacial score (nSPS) is 10.3. The molecule has 0 saturated carbocycles. The Morgan fingerprint density at radius 2 is 2.20 bits per heavy atom. The van der Waals surface area contributed by atoms with Crippen LogP contribution in [0.4, 0.5) is 5.69 Å². The molecule has 0 aliphatic carbocycles. The van der Waals surface area contributed by atoms with Gasteiger partial charge in [-0.25, -0.2) is 4.79 Å². The van der Waals surface area contributed by atoms with Gasteiger partial charge >= 0.3 is 5.97 Å². The summed E-state index contributed by atoms with van der Waals surface area (Å²) in [4.78, 5) is 10.8. The molecule has 0 fully saturated rings. The molecule has 0 atom stereocenters. The number of anilines is 1. The molecule has 0 aliphatic rings. The van der Waals surface area contributed by atoms with Crippen molar-refractivity contribution < 1.29 is 9.53 Å². The highest BCUT2D eigenvalue weighted by Crippen LogP contribution is 2.25. The van der Waals surface area contributed by atoms with Crippen LogP contribution >= 0.6 is 31.9 Å². The number of carbonyl (C=O) groups excluding carboxylic acids is 1. The first-order valence-electron chi connectivity index (χ1n) is 4.09. The van der Waals surface area contributed by atoms with Gasteiger partial charge in [-0.05, 0) is 34.1 Å². The molecule has 0 saturated heterocycles. The number of rotatable bonds is 3. The lowest BCUT2D eigenvalue weighted by atomic mass is 10.3. The summed E-state index contributed by atoms with van der Waals surface area (Å²) < 4.78 is 6.34. The summed E-state index contributed by atoms with van der Waals surface area (Å²) in [6.07, 6.45) is 2.84. The minimum atomic E-state index is -0.393. The van der Waals surface area contributed by atoms with E-state index in [0.29, 0.717) is 0 Å². The molecule has 0 heterocycles. The average molecular weight is 335 g/mol. The van der Waals surface area contributed by atoms with E-state index in [1.807, 2.05) is 18.2 Å². The lowest BCUT2D eigenvalue weighted by Gasteiger charge is -2.03. The topological polar surface area (TPSA) is 38.3 Å². The zero-order valence-electron chi connectivity index (χ0n) is 7.96. The Morgan fingerprint density at radius 3 is 2.80 bits per heavy atom. The first kappa shape index (κ1) is 12.3. The third-order valence-corrected chi connectivity index (χ3v) is 2.74. The van der Waals surface area contributed by atoms with Gasteiger partial charge in [0.1, 0.15) is 0 Å². The summed E-state index contributed by atoms with van der Waals surface area (Å²) in [5.74, 6) is -0.393. The van der Waals surface area contributed by atoms with Crippen LogP contribution in [0.2, 0.25) is 0 Å². The third-order valence-electron chi connectivity index (χ3n) is 1.59. The van der Waals surface area contributed by atoms with Gasteiger partial charge in [-0.3, -0.25) is 0 Å². The van der Waals surface area contributed by atoms with Gasteiger partial charge in [0, 0.05) is 21.2 Å². The van der Waals surface area contributed by atoms with Gasteiger partial charge in [0.2, 0.25) is 0 Å². The second-order valence-electron chi connectivity index (χ2n) is 2.62. The number of ether oxygens (including phenoxy) is 1. The van der Waals surface area contributed by atoms with Gasteiger partial charge in [-0.1, -0.05) is 15.9 Å². The van der Waals surface area contributed by atoms with Crippen molar-refractivity contribution >= 4 is 43.5 Å². The average Bonchev–Trinajstić information content (AvgIpc) is 2.21. The Kier molecular flexibility index (Phi) is 4.84. The van der Waals surface area contributed by atoms with Gasteiger partial charge in [-0.15, -0.1) is 0 Å². The lowest BCUT2D eigenvalue weighted by Crippen LogP contribution is -1.96. The Morgan fingerprint density at radius 1 is 1.47 bits per heavy atom. The molecule has 0 amide bonds. The number of halogens is 2. The van der Waals surface area contributed by atoms with E-state index in [1.54, 1.807) is 0 Å². The summed E-state index contributed by atoms with van der Waals surface area (Å²) in [5, 5.41) is 2.96. The summed E-state index contributed by atoms with van der Waals surface area (Å²) in [6, 6.07) is 5.70. The molecule has 5 heteroatoms. The predicted octanol–water partition coefficient (Wildman–Crippen LogP) is 3.31. The molecule has 1 aromatic carbocycles. The molecule has 1 aromatic rings. The fourth-order valence-corrected chi connectivity index (χ4v) is 2.04. The van der Waals surface area contributed by atoms with Crippen molar-refractivity contribution in [1.29, 1.82) is 0 Å². The predicted molar refractivity (Wildman–Crippen MR) is 66.6 cm³/mol. The monoisotopic (exact) mass is 333 g/mol. The van der Waals surface area contributed by atoms with Crippen LogP contribution in [0.5, 0.6) is 0 Å². The van der Waals surface area contributed by atoms with Crippen LogP contribution in [-0.4, -0.2) is 13.1 Å². The van der Waals surface area contributed by atoms with E-state index in [2.05, 4.69) is 41.9 Å². The van der Waals surface area contributed by atoms with Gasteiger partial charge in [0.05, 0.1) is 12.8 Å². The van der Waals surface area contributed by atoms with Gasteiger partial charge < -0.3 is 10.1 Å². The van der Waals surface area contributed by atoms with Gasteiger partial charge in [0.15, 0.2) is 0 Å². The van der Waals surface area contributed by atoms with E-state index in [-0.39, 0.29) is 0 Å². The molecule has 0 bridgehead atoms. The second kappa shape index (κ2) is 5.92. The molecule has 1 rings (SSSR count). The van der Waals surface area contributed by atoms with E-state index in [9.17, 15) is 4.79 Å². The maximum absolute atomic E-state index is 10.8. The van der Waals surface area contributed by atoms with E-state index in [1.165, 1.54) is 19.4 Å². The standard InChI is InChI=1S/C10H9Br2NO2/c1-15-10(14)4-5-13-9-3-2-7(11)6-8(9)12/h2-6,13H,1H3/b5-4+. The quantitative estimate of drug-likeness (QED) is 0.680. The maximum atomic E-state index is 10.8. The molecule has 0 aromatic heterocycles. The van der Waals surface area contributed by atoms with Crippen molar-refractivity contribution in [3.8, 4) is 0 Å². The van der Waals surface area contributed by atoms with Crippen molar-refractivity contribution in [3.05, 3.63) is 39.4 Å². The molecule has 0 radical (unpaired) electrons. The molecule has 0 unspecified atom stereocenters. The van der Waals surface area contributed by atoms with Crippen LogP contribution in [0.1, 0.15) is 0 Å². The van der Waals surface area contributed by atoms with E-state index < -0.39 is 5.97 Å². The number of carbonyl (C=O) groups is 1. The van der Waals surface area contributed by atoms with Crippen molar-refractivity contribution in [2.75, 3.05) is 12.4 Å². The number of nitrogens with one attached hydrogen (secondary N) is 1. The Bertz CT molecular complexity index is 391. The Hall–Kier alpha value is -0.810. The van der Waals surface area contributed by atoms with Crippen molar-refractivity contribution in [3.63, 3.8) is 0 Å². The summed E-state index contributed by atoms with van der Waals surface area (Å²) in [7, 11) is 1.34. The number of methoxy groups -OCH3 is 1. The smallest absolute Gasteiger partial charge is 0.331 e. The molecule has 0 spiro atoms. The van der Waals surface area contributed by atoms with Gasteiger partial charge in [-0.2, -0.15) is 0 Å². The number of hydrogen-bond acceptors (Lipinski definition) is 3. The molecule has 0 aliphatic heterocycles. The SMILES string of the molecule is COC(=O)/C=C/Nc1ccc(Br)cc1Br. The largest absolute Gasteiger partial charge is 0.466 e. The van der Waals surface area contributed by atoms with Crippen LogP contribution in [0.3, 0.4) is 0 Å². The minimum Gasteiger partial charge on any atom is -0.466 e. The van der Waals surface area contributed by atoms with E-state index >= 15 is 0 Å². The maximum Gasteiger partial charge on any atom is 0.331 e. The molecular weight excluding hydrogens is 326 g/mol. The Labute approximate surface area is 105 Å². The van der Waals surface area contributed by atoms with Crippen molar-refractivity contribution in [2.24, 2.45) is 0 Å². The molecule has 3 nitrogen and oxygen atoms in total. The first-order valence-corrected chi connectivity index (χ1v) is 5.68. The zero-order chi connectivity index (χ0) is 11.3. The fourth-order valence-electron chi connectivity index (χ4n) is 0.874. The van der Waals surface area contributed by atoms with E-state index in [0.717, 1.165) is 14.6 Å². The van der Waals surface area contributed by atoms with Gasteiger partial charge in [0.25, 0.3) is 0 Å². The second-order valence-corrected chi connectivity index (χ2v) is 4.40. The van der Waals surface area contributed by atoms with Crippen LogP contribution in [0.15, 0.2) is 39.4 Å². The zero-order valence-corrected chi connectivity index (χ0v) is 11.1. The third kappa shape index (κ3) is 4.05. The first-order chi connectivity index (χ1) is 7.13. The molecular formula is C10H9Br2NO2. The van der Waals surface area contributed by atoms with E-state index in [4.69, 9.17) is 0 Å². The highest BCUT2D eigenvalue weighted by atomic mass is 79.9. The lowest BCUT2D eigenvalue weighted by molar-refractivity contribution is -0.134. The molecule has 15 heavy (non-hydrogen) atoms. The number of benzene rings is 1. The van der Waals surface area contributed by atoms with Crippen LogP contribution in [0, 0.1) is 0 Å². The van der Waals surface area contributed by atoms with Crippen molar-refractivity contribution in [2.45, 2.75) is 0 Å². The summed E-state index contributed by atoms with van der Waals surface area (Å²) in [5.41, 5.74) is 0.873. The Balaban J connectivity index is 2.65. The minimum absolute atomic E-state index is 0.393. The fraction of sp³-hybridized carbons (Fsp3) is 0.100. The van der Waals surface area contributed by atoms with Crippen molar-refractivity contribution in [1.82, 2.24) is 0 Å². The summed E-state index contributed by atoms with van der Waals surface area (Å²) >= 11 is 6.74. The van der Waals surface area contributed by atoms with Crippen LogP contribution in [0.25, 0.3) is 0 Å². The highest BCUT2D eigenvalue weighted by molar-refractivity contribution is 9.11. The number of hydrogen-bond donors (Lipinski definition) is 1. The summed E-state index contributed by atoms with van der Waals surface area (Å²) in [6.45, 7) is 0.